The van der Waals surface area contributed by atoms with Gasteiger partial charge in [0.25, 0.3) is 0 Å². The van der Waals surface area contributed by atoms with Gasteiger partial charge in [0.05, 0.1) is 17.7 Å². The summed E-state index contributed by atoms with van der Waals surface area (Å²) in [6.07, 6.45) is 1.52. The number of halogens is 1. The minimum atomic E-state index is -3.62. The summed E-state index contributed by atoms with van der Waals surface area (Å²) in [6, 6.07) is 8.03. The molecular weight excluding hydrogens is 312 g/mol. The third-order valence-electron chi connectivity index (χ3n) is 3.14. The Labute approximate surface area is 129 Å². The lowest BCUT2D eigenvalue weighted by molar-refractivity contribution is 0.375. The van der Waals surface area contributed by atoms with Gasteiger partial charge in [-0.05, 0) is 35.9 Å². The molecule has 114 valence electrons. The number of hydrogen-bond donors (Lipinski definition) is 1. The van der Waals surface area contributed by atoms with Crippen molar-refractivity contribution in [2.75, 3.05) is 6.54 Å². The molecule has 0 atom stereocenters. The largest absolute Gasteiger partial charge is 0.468 e. The van der Waals surface area contributed by atoms with Crippen LogP contribution in [0.2, 0.25) is 5.02 Å². The first kappa shape index (κ1) is 16.0. The van der Waals surface area contributed by atoms with E-state index in [1.807, 2.05) is 0 Å². The van der Waals surface area contributed by atoms with Crippen molar-refractivity contribution in [3.05, 3.63) is 52.9 Å². The van der Waals surface area contributed by atoms with E-state index in [0.717, 1.165) is 0 Å². The van der Waals surface area contributed by atoms with Crippen molar-refractivity contribution >= 4 is 21.6 Å². The molecule has 1 heterocycles. The van der Waals surface area contributed by atoms with Gasteiger partial charge in [0.2, 0.25) is 10.0 Å². The molecule has 1 aromatic heterocycles. The average Bonchev–Trinajstić information content (AvgIpc) is 2.97. The Morgan fingerprint density at radius 2 is 2.10 bits per heavy atom. The maximum absolute atomic E-state index is 12.7. The lowest BCUT2D eigenvalue weighted by Crippen LogP contribution is -2.30. The molecule has 0 aliphatic carbocycles. The molecular formula is C14H17ClN2O3S. The van der Waals surface area contributed by atoms with Crippen LogP contribution in [-0.4, -0.2) is 19.3 Å². The molecule has 0 fully saturated rings. The Bertz CT molecular complexity index is 699. The predicted molar refractivity (Wildman–Crippen MR) is 81.3 cm³/mol. The number of nitrogens with zero attached hydrogens (tertiary/aromatic N) is 1. The SMILES string of the molecule is CCN(Cc1ccco1)S(=O)(=O)c1ccc(Cl)c(CN)c1. The highest BCUT2D eigenvalue weighted by atomic mass is 35.5. The summed E-state index contributed by atoms with van der Waals surface area (Å²) in [5, 5.41) is 0.463. The van der Waals surface area contributed by atoms with Gasteiger partial charge < -0.3 is 10.2 Å². The standard InChI is InChI=1S/C14H17ClN2O3S/c1-2-17(10-12-4-3-7-20-12)21(18,19)13-5-6-14(15)11(8-13)9-16/h3-8H,2,9-10,16H2,1H3. The lowest BCUT2D eigenvalue weighted by atomic mass is 10.2. The normalized spacial score (nSPS) is 12.0. The van der Waals surface area contributed by atoms with E-state index in [2.05, 4.69) is 0 Å². The van der Waals surface area contributed by atoms with Crippen molar-refractivity contribution < 1.29 is 12.8 Å². The van der Waals surface area contributed by atoms with Gasteiger partial charge >= 0.3 is 0 Å². The zero-order valence-electron chi connectivity index (χ0n) is 11.6. The average molecular weight is 329 g/mol. The fourth-order valence-electron chi connectivity index (χ4n) is 1.96. The van der Waals surface area contributed by atoms with E-state index >= 15 is 0 Å². The molecule has 7 heteroatoms. The number of hydrogen-bond acceptors (Lipinski definition) is 4. The van der Waals surface area contributed by atoms with Gasteiger partial charge in [-0.25, -0.2) is 8.42 Å². The Kier molecular flexibility index (Phi) is 5.05. The zero-order chi connectivity index (χ0) is 15.5. The minimum absolute atomic E-state index is 0.181. The van der Waals surface area contributed by atoms with E-state index in [9.17, 15) is 8.42 Å². The van der Waals surface area contributed by atoms with Crippen LogP contribution in [0, 0.1) is 0 Å². The van der Waals surface area contributed by atoms with Crippen LogP contribution in [0.25, 0.3) is 0 Å². The van der Waals surface area contributed by atoms with Crippen molar-refractivity contribution in [1.29, 1.82) is 0 Å². The first-order valence-electron chi connectivity index (χ1n) is 6.50. The first-order chi connectivity index (χ1) is 9.98. The van der Waals surface area contributed by atoms with Gasteiger partial charge in [0, 0.05) is 18.1 Å². The summed E-state index contributed by atoms with van der Waals surface area (Å²) in [6.45, 7) is 2.49. The molecule has 2 rings (SSSR count). The first-order valence-corrected chi connectivity index (χ1v) is 8.32. The molecule has 0 spiro atoms. The molecule has 0 saturated carbocycles. The van der Waals surface area contributed by atoms with Crippen molar-refractivity contribution in [2.45, 2.75) is 24.9 Å². The zero-order valence-corrected chi connectivity index (χ0v) is 13.2. The summed E-state index contributed by atoms with van der Waals surface area (Å²) < 4.78 is 31.9. The van der Waals surface area contributed by atoms with E-state index in [1.54, 1.807) is 25.1 Å². The summed E-state index contributed by atoms with van der Waals surface area (Å²) >= 11 is 5.97. The molecule has 2 N–H and O–H groups in total. The third kappa shape index (κ3) is 3.47. The molecule has 0 unspecified atom stereocenters. The summed E-state index contributed by atoms with van der Waals surface area (Å²) in [5.74, 6) is 0.591. The second kappa shape index (κ2) is 6.62. The predicted octanol–water partition coefficient (Wildman–Crippen LogP) is 2.60. The highest BCUT2D eigenvalue weighted by molar-refractivity contribution is 7.89. The lowest BCUT2D eigenvalue weighted by Gasteiger charge is -2.20. The van der Waals surface area contributed by atoms with Crippen LogP contribution in [0.4, 0.5) is 0 Å². The summed E-state index contributed by atoms with van der Waals surface area (Å²) in [4.78, 5) is 0.181. The van der Waals surface area contributed by atoms with E-state index in [4.69, 9.17) is 21.8 Å². The minimum Gasteiger partial charge on any atom is -0.468 e. The van der Waals surface area contributed by atoms with Crippen LogP contribution in [0.15, 0.2) is 45.9 Å². The van der Waals surface area contributed by atoms with E-state index in [-0.39, 0.29) is 18.0 Å². The number of nitrogens with two attached hydrogens (primary N) is 1. The maximum atomic E-state index is 12.7. The van der Waals surface area contributed by atoms with Crippen molar-refractivity contribution in [3.63, 3.8) is 0 Å². The molecule has 0 saturated heterocycles. The van der Waals surface area contributed by atoms with Crippen LogP contribution in [0.3, 0.4) is 0 Å². The van der Waals surface area contributed by atoms with Gasteiger partial charge in [0.1, 0.15) is 5.76 Å². The van der Waals surface area contributed by atoms with Crippen LogP contribution < -0.4 is 5.73 Å². The smallest absolute Gasteiger partial charge is 0.243 e. The van der Waals surface area contributed by atoms with Gasteiger partial charge in [-0.1, -0.05) is 18.5 Å². The molecule has 5 nitrogen and oxygen atoms in total. The summed E-state index contributed by atoms with van der Waals surface area (Å²) in [5.41, 5.74) is 6.18. The molecule has 0 radical (unpaired) electrons. The fourth-order valence-corrected chi connectivity index (χ4v) is 3.62. The van der Waals surface area contributed by atoms with Crippen molar-refractivity contribution in [2.24, 2.45) is 5.73 Å². The Morgan fingerprint density at radius 3 is 2.67 bits per heavy atom. The molecule has 2 aromatic rings. The van der Waals surface area contributed by atoms with Crippen molar-refractivity contribution in [3.8, 4) is 0 Å². The molecule has 1 aromatic carbocycles. The molecule has 21 heavy (non-hydrogen) atoms. The number of furan rings is 1. The quantitative estimate of drug-likeness (QED) is 0.884. The van der Waals surface area contributed by atoms with E-state index in [0.29, 0.717) is 22.9 Å². The monoisotopic (exact) mass is 328 g/mol. The third-order valence-corrected chi connectivity index (χ3v) is 5.43. The molecule has 0 aliphatic heterocycles. The molecule has 0 bridgehead atoms. The number of rotatable bonds is 6. The Morgan fingerprint density at radius 1 is 1.33 bits per heavy atom. The fraction of sp³-hybridized carbons (Fsp3) is 0.286. The Balaban J connectivity index is 2.35. The van der Waals surface area contributed by atoms with Gasteiger partial charge in [-0.3, -0.25) is 0 Å². The van der Waals surface area contributed by atoms with Crippen molar-refractivity contribution in [1.82, 2.24) is 4.31 Å². The van der Waals surface area contributed by atoms with Gasteiger partial charge in [-0.15, -0.1) is 0 Å². The van der Waals surface area contributed by atoms with Gasteiger partial charge in [-0.2, -0.15) is 4.31 Å². The number of sulfonamides is 1. The topological polar surface area (TPSA) is 76.5 Å². The van der Waals surface area contributed by atoms with Crippen LogP contribution in [-0.2, 0) is 23.1 Å². The maximum Gasteiger partial charge on any atom is 0.243 e. The second-order valence-corrected chi connectivity index (χ2v) is 6.81. The molecule has 0 aliphatic rings. The summed E-state index contributed by atoms with van der Waals surface area (Å²) in [7, 11) is -3.62. The Hall–Kier alpha value is -1.34. The van der Waals surface area contributed by atoms with E-state index < -0.39 is 10.0 Å². The molecule has 0 amide bonds. The van der Waals surface area contributed by atoms with Crippen LogP contribution in [0.5, 0.6) is 0 Å². The highest BCUT2D eigenvalue weighted by Crippen LogP contribution is 2.23. The van der Waals surface area contributed by atoms with Crippen LogP contribution >= 0.6 is 11.6 Å². The van der Waals surface area contributed by atoms with Gasteiger partial charge in [0.15, 0.2) is 0 Å². The number of benzene rings is 1. The highest BCUT2D eigenvalue weighted by Gasteiger charge is 2.24. The van der Waals surface area contributed by atoms with E-state index in [1.165, 1.54) is 22.7 Å². The van der Waals surface area contributed by atoms with Crippen LogP contribution in [0.1, 0.15) is 18.2 Å². The second-order valence-electron chi connectivity index (χ2n) is 4.47.